The minimum atomic E-state index is 0.566. The van der Waals surface area contributed by atoms with Crippen LogP contribution in [0, 0.1) is 11.3 Å². The van der Waals surface area contributed by atoms with E-state index >= 15 is 0 Å². The molecule has 0 aromatic rings. The lowest BCUT2D eigenvalue weighted by Crippen LogP contribution is -2.45. The lowest BCUT2D eigenvalue weighted by atomic mass is 9.85. The van der Waals surface area contributed by atoms with Crippen molar-refractivity contribution >= 4 is 11.8 Å². The van der Waals surface area contributed by atoms with Gasteiger partial charge in [-0.05, 0) is 49.9 Å². The summed E-state index contributed by atoms with van der Waals surface area (Å²) >= 11 is 2.13. The van der Waals surface area contributed by atoms with E-state index in [0.29, 0.717) is 5.41 Å². The lowest BCUT2D eigenvalue weighted by molar-refractivity contribution is 0.142. The van der Waals surface area contributed by atoms with Gasteiger partial charge in [-0.15, -0.1) is 0 Å². The predicted molar refractivity (Wildman–Crippen MR) is 87.0 cm³/mol. The van der Waals surface area contributed by atoms with Crippen molar-refractivity contribution in [2.75, 3.05) is 38.2 Å². The number of hydrogen-bond acceptors (Lipinski definition) is 3. The maximum absolute atomic E-state index is 3.73. The molecule has 1 heterocycles. The van der Waals surface area contributed by atoms with Crippen LogP contribution >= 0.6 is 11.8 Å². The Balaban J connectivity index is 1.83. The molecular weight excluding hydrogens is 252 g/mol. The van der Waals surface area contributed by atoms with Gasteiger partial charge in [-0.25, -0.2) is 0 Å². The van der Waals surface area contributed by atoms with Crippen LogP contribution in [0.5, 0.6) is 0 Å². The van der Waals surface area contributed by atoms with Crippen LogP contribution in [0.3, 0.4) is 0 Å². The van der Waals surface area contributed by atoms with Gasteiger partial charge in [0.05, 0.1) is 0 Å². The number of nitrogens with one attached hydrogen (secondary N) is 1. The molecule has 3 heteroatoms. The molecule has 0 radical (unpaired) electrons. The highest BCUT2D eigenvalue weighted by atomic mass is 32.2. The first-order valence-electron chi connectivity index (χ1n) is 8.10. The second kappa shape index (κ2) is 7.33. The Hall–Kier alpha value is 0.270. The van der Waals surface area contributed by atoms with Crippen molar-refractivity contribution in [3.05, 3.63) is 0 Å². The van der Waals surface area contributed by atoms with Gasteiger partial charge < -0.3 is 10.2 Å². The van der Waals surface area contributed by atoms with Crippen LogP contribution in [-0.2, 0) is 0 Å². The minimum absolute atomic E-state index is 0.566. The topological polar surface area (TPSA) is 15.3 Å². The van der Waals surface area contributed by atoms with Crippen LogP contribution in [0.25, 0.3) is 0 Å². The van der Waals surface area contributed by atoms with Gasteiger partial charge in [-0.1, -0.05) is 26.7 Å². The molecule has 2 fully saturated rings. The van der Waals surface area contributed by atoms with E-state index in [1.165, 1.54) is 63.2 Å². The van der Waals surface area contributed by atoms with Gasteiger partial charge in [-0.2, -0.15) is 11.8 Å². The van der Waals surface area contributed by atoms with Gasteiger partial charge in [0.2, 0.25) is 0 Å². The van der Waals surface area contributed by atoms with E-state index in [2.05, 4.69) is 42.9 Å². The molecule has 2 rings (SSSR count). The van der Waals surface area contributed by atoms with Crippen molar-refractivity contribution in [2.45, 2.75) is 52.0 Å². The molecule has 0 spiro atoms. The van der Waals surface area contributed by atoms with Crippen LogP contribution in [0.15, 0.2) is 0 Å². The van der Waals surface area contributed by atoms with E-state index < -0.39 is 0 Å². The summed E-state index contributed by atoms with van der Waals surface area (Å²) in [6, 6.07) is 0.840. The summed E-state index contributed by atoms with van der Waals surface area (Å²) in [5, 5.41) is 3.73. The fraction of sp³-hybridized carbons (Fsp3) is 1.00. The van der Waals surface area contributed by atoms with E-state index in [-0.39, 0.29) is 0 Å². The first-order chi connectivity index (χ1) is 9.11. The summed E-state index contributed by atoms with van der Waals surface area (Å²) in [5.41, 5.74) is 0.566. The van der Waals surface area contributed by atoms with E-state index in [0.717, 1.165) is 12.0 Å². The fourth-order valence-corrected chi connectivity index (χ4v) is 4.97. The summed E-state index contributed by atoms with van der Waals surface area (Å²) in [7, 11) is 2.36. The third kappa shape index (κ3) is 4.64. The van der Waals surface area contributed by atoms with E-state index in [4.69, 9.17) is 0 Å². The van der Waals surface area contributed by atoms with Crippen LogP contribution < -0.4 is 5.32 Å². The SMILES string of the molecule is CC(C)CNCC1(CN(C)C2CCSC2)CCCC1. The van der Waals surface area contributed by atoms with Gasteiger partial charge in [0.25, 0.3) is 0 Å². The molecule has 19 heavy (non-hydrogen) atoms. The molecule has 0 aromatic carbocycles. The third-order valence-corrected chi connectivity index (χ3v) is 5.98. The maximum atomic E-state index is 3.73. The number of hydrogen-bond donors (Lipinski definition) is 1. The molecule has 112 valence electrons. The number of thioether (sulfide) groups is 1. The van der Waals surface area contributed by atoms with Crippen LogP contribution in [0.4, 0.5) is 0 Å². The Bertz CT molecular complexity index is 255. The van der Waals surface area contributed by atoms with Crippen molar-refractivity contribution in [1.82, 2.24) is 10.2 Å². The zero-order valence-corrected chi connectivity index (χ0v) is 13.9. The number of nitrogens with zero attached hydrogens (tertiary/aromatic N) is 1. The highest BCUT2D eigenvalue weighted by molar-refractivity contribution is 7.99. The van der Waals surface area contributed by atoms with Crippen molar-refractivity contribution in [3.63, 3.8) is 0 Å². The van der Waals surface area contributed by atoms with E-state index in [9.17, 15) is 0 Å². The molecule has 1 saturated heterocycles. The lowest BCUT2D eigenvalue weighted by Gasteiger charge is -2.36. The smallest absolute Gasteiger partial charge is 0.0191 e. The monoisotopic (exact) mass is 284 g/mol. The molecule has 2 aliphatic rings. The Morgan fingerprint density at radius 3 is 2.63 bits per heavy atom. The van der Waals surface area contributed by atoms with Crippen LogP contribution in [-0.4, -0.2) is 49.1 Å². The molecule has 0 amide bonds. The zero-order chi connectivity index (χ0) is 13.7. The van der Waals surface area contributed by atoms with Gasteiger partial charge in [-0.3, -0.25) is 0 Å². The third-order valence-electron chi connectivity index (χ3n) is 4.83. The molecule has 1 N–H and O–H groups in total. The highest BCUT2D eigenvalue weighted by Gasteiger charge is 2.36. The minimum Gasteiger partial charge on any atom is -0.316 e. The molecule has 0 bridgehead atoms. The van der Waals surface area contributed by atoms with Crippen molar-refractivity contribution in [3.8, 4) is 0 Å². The molecule has 0 aromatic heterocycles. The van der Waals surface area contributed by atoms with Crippen molar-refractivity contribution < 1.29 is 0 Å². The molecular formula is C16H32N2S. The van der Waals surface area contributed by atoms with Crippen molar-refractivity contribution in [2.24, 2.45) is 11.3 Å². The first kappa shape index (κ1) is 15.7. The fourth-order valence-electron chi connectivity index (χ4n) is 3.67. The molecule has 1 atom stereocenters. The number of rotatable bonds is 7. The molecule has 1 aliphatic heterocycles. The highest BCUT2D eigenvalue weighted by Crippen LogP contribution is 2.39. The Kier molecular flexibility index (Phi) is 6.04. The first-order valence-corrected chi connectivity index (χ1v) is 9.25. The van der Waals surface area contributed by atoms with Gasteiger partial charge in [0.15, 0.2) is 0 Å². The van der Waals surface area contributed by atoms with Crippen molar-refractivity contribution in [1.29, 1.82) is 0 Å². The van der Waals surface area contributed by atoms with Crippen LogP contribution in [0.2, 0.25) is 0 Å². The molecule has 1 aliphatic carbocycles. The quantitative estimate of drug-likeness (QED) is 0.773. The summed E-state index contributed by atoms with van der Waals surface area (Å²) in [4.78, 5) is 2.67. The van der Waals surface area contributed by atoms with E-state index in [1.54, 1.807) is 0 Å². The van der Waals surface area contributed by atoms with Gasteiger partial charge in [0, 0.05) is 24.9 Å². The van der Waals surface area contributed by atoms with Gasteiger partial charge >= 0.3 is 0 Å². The molecule has 2 nitrogen and oxygen atoms in total. The summed E-state index contributed by atoms with van der Waals surface area (Å²) in [5.74, 6) is 3.49. The largest absolute Gasteiger partial charge is 0.316 e. The predicted octanol–water partition coefficient (Wildman–Crippen LogP) is 3.23. The zero-order valence-electron chi connectivity index (χ0n) is 13.1. The van der Waals surface area contributed by atoms with E-state index in [1.807, 2.05) is 0 Å². The summed E-state index contributed by atoms with van der Waals surface area (Å²) in [6.45, 7) is 8.32. The summed E-state index contributed by atoms with van der Waals surface area (Å²) < 4.78 is 0. The van der Waals surface area contributed by atoms with Crippen LogP contribution in [0.1, 0.15) is 46.0 Å². The maximum Gasteiger partial charge on any atom is 0.0191 e. The normalized spacial score (nSPS) is 26.7. The molecule has 1 unspecified atom stereocenters. The average Bonchev–Trinajstić information content (AvgIpc) is 2.99. The molecule has 1 saturated carbocycles. The average molecular weight is 285 g/mol. The Morgan fingerprint density at radius 2 is 2.05 bits per heavy atom. The Morgan fingerprint density at radius 1 is 1.32 bits per heavy atom. The standard InChI is InChI=1S/C16H32N2S/c1-14(2)10-17-12-16(7-4-5-8-16)13-18(3)15-6-9-19-11-15/h14-15,17H,4-13H2,1-3H3. The second-order valence-electron chi connectivity index (χ2n) is 7.16. The Labute approximate surface area is 124 Å². The summed E-state index contributed by atoms with van der Waals surface area (Å²) in [6.07, 6.45) is 7.15. The second-order valence-corrected chi connectivity index (χ2v) is 8.31. The van der Waals surface area contributed by atoms with Gasteiger partial charge in [0.1, 0.15) is 0 Å².